The predicted molar refractivity (Wildman–Crippen MR) is 73.1 cm³/mol. The first-order valence-corrected chi connectivity index (χ1v) is 7.18. The Morgan fingerprint density at radius 2 is 2.00 bits per heavy atom. The Morgan fingerprint density at radius 1 is 1.31 bits per heavy atom. The molecular formula is C13H23BrN2. The third-order valence-corrected chi connectivity index (χ3v) is 4.79. The van der Waals surface area contributed by atoms with E-state index in [0.717, 1.165) is 12.8 Å². The minimum atomic E-state index is 0.509. The summed E-state index contributed by atoms with van der Waals surface area (Å²) in [6.45, 7) is 8.90. The van der Waals surface area contributed by atoms with E-state index in [-0.39, 0.29) is 0 Å². The zero-order valence-electron chi connectivity index (χ0n) is 10.8. The normalized spacial score (nSPS) is 17.1. The fourth-order valence-electron chi connectivity index (χ4n) is 1.78. The number of nitrogens with zero attached hydrogens (tertiary/aromatic N) is 2. The minimum Gasteiger partial charge on any atom is -0.270 e. The van der Waals surface area contributed by atoms with Crippen molar-refractivity contribution in [3.63, 3.8) is 0 Å². The molecule has 0 spiro atoms. The molecule has 0 saturated carbocycles. The van der Waals surface area contributed by atoms with E-state index in [9.17, 15) is 0 Å². The van der Waals surface area contributed by atoms with Crippen molar-refractivity contribution in [1.82, 2.24) is 9.78 Å². The zero-order valence-corrected chi connectivity index (χ0v) is 12.4. The first-order valence-electron chi connectivity index (χ1n) is 6.26. The second-order valence-corrected chi connectivity index (χ2v) is 5.83. The Kier molecular flexibility index (Phi) is 5.53. The van der Waals surface area contributed by atoms with Gasteiger partial charge in [-0.1, -0.05) is 36.7 Å². The van der Waals surface area contributed by atoms with Crippen LogP contribution in [0, 0.1) is 5.92 Å². The van der Waals surface area contributed by atoms with Gasteiger partial charge in [-0.05, 0) is 38.2 Å². The molecule has 0 N–H and O–H groups in total. The quantitative estimate of drug-likeness (QED) is 0.717. The summed E-state index contributed by atoms with van der Waals surface area (Å²) in [6, 6.07) is 2.66. The Hall–Kier alpha value is -0.310. The number of alkyl halides is 1. The Balaban J connectivity index is 2.58. The largest absolute Gasteiger partial charge is 0.270 e. The zero-order chi connectivity index (χ0) is 12.1. The molecule has 1 aromatic rings. The fourth-order valence-corrected chi connectivity index (χ4v) is 1.97. The summed E-state index contributed by atoms with van der Waals surface area (Å²) in [5.74, 6) is 0.644. The Labute approximate surface area is 108 Å². The van der Waals surface area contributed by atoms with Crippen molar-refractivity contribution < 1.29 is 0 Å². The van der Waals surface area contributed by atoms with Crippen LogP contribution in [0.15, 0.2) is 12.3 Å². The molecule has 0 radical (unpaired) electrons. The van der Waals surface area contributed by atoms with Gasteiger partial charge in [-0.15, -0.1) is 0 Å². The van der Waals surface area contributed by atoms with Crippen LogP contribution in [0.25, 0.3) is 0 Å². The lowest BCUT2D eigenvalue weighted by atomic mass is 10.0. The van der Waals surface area contributed by atoms with Crippen LogP contribution in [-0.2, 0) is 6.42 Å². The lowest BCUT2D eigenvalue weighted by Crippen LogP contribution is -2.13. The number of rotatable bonds is 6. The van der Waals surface area contributed by atoms with Crippen LogP contribution in [0.4, 0.5) is 0 Å². The van der Waals surface area contributed by atoms with Crippen molar-refractivity contribution in [1.29, 1.82) is 0 Å². The van der Waals surface area contributed by atoms with Crippen LogP contribution in [-0.4, -0.2) is 14.6 Å². The van der Waals surface area contributed by atoms with Gasteiger partial charge in [0.05, 0.1) is 5.69 Å². The maximum absolute atomic E-state index is 4.63. The molecule has 0 aliphatic carbocycles. The van der Waals surface area contributed by atoms with E-state index in [1.54, 1.807) is 0 Å². The topological polar surface area (TPSA) is 17.8 Å². The van der Waals surface area contributed by atoms with Crippen LogP contribution in [0.1, 0.15) is 52.3 Å². The fraction of sp³-hybridized carbons (Fsp3) is 0.769. The average molecular weight is 287 g/mol. The van der Waals surface area contributed by atoms with E-state index < -0.39 is 0 Å². The molecule has 2 nitrogen and oxygen atoms in total. The highest BCUT2D eigenvalue weighted by atomic mass is 79.9. The van der Waals surface area contributed by atoms with E-state index >= 15 is 0 Å². The van der Waals surface area contributed by atoms with Crippen LogP contribution < -0.4 is 0 Å². The molecule has 3 heteroatoms. The van der Waals surface area contributed by atoms with Crippen molar-refractivity contribution in [3.05, 3.63) is 18.0 Å². The van der Waals surface area contributed by atoms with Crippen LogP contribution in [0.3, 0.4) is 0 Å². The molecule has 1 heterocycles. The molecule has 16 heavy (non-hydrogen) atoms. The smallest absolute Gasteiger partial charge is 0.0627 e. The van der Waals surface area contributed by atoms with Gasteiger partial charge in [-0.25, -0.2) is 0 Å². The van der Waals surface area contributed by atoms with Crippen molar-refractivity contribution >= 4 is 15.9 Å². The third-order valence-electron chi connectivity index (χ3n) is 3.24. The van der Waals surface area contributed by atoms with E-state index in [2.05, 4.69) is 65.7 Å². The van der Waals surface area contributed by atoms with E-state index in [1.165, 1.54) is 12.1 Å². The number of hydrogen-bond donors (Lipinski definition) is 0. The molecule has 0 aromatic carbocycles. The van der Waals surface area contributed by atoms with Gasteiger partial charge < -0.3 is 0 Å². The average Bonchev–Trinajstić information content (AvgIpc) is 2.75. The van der Waals surface area contributed by atoms with Crippen molar-refractivity contribution in [2.75, 3.05) is 0 Å². The summed E-state index contributed by atoms with van der Waals surface area (Å²) in [5, 5.41) is 4.63. The van der Waals surface area contributed by atoms with E-state index in [4.69, 9.17) is 0 Å². The van der Waals surface area contributed by atoms with Gasteiger partial charge in [-0.2, -0.15) is 5.10 Å². The highest BCUT2D eigenvalue weighted by Crippen LogP contribution is 2.20. The Morgan fingerprint density at radius 3 is 2.56 bits per heavy atom. The summed E-state index contributed by atoms with van der Waals surface area (Å²) in [6.07, 6.45) is 5.47. The van der Waals surface area contributed by atoms with Gasteiger partial charge in [0, 0.05) is 17.1 Å². The van der Waals surface area contributed by atoms with Crippen molar-refractivity contribution in [2.45, 2.75) is 57.8 Å². The lowest BCUT2D eigenvalue weighted by molar-refractivity contribution is 0.465. The summed E-state index contributed by atoms with van der Waals surface area (Å²) >= 11 is 3.71. The Bertz CT molecular complexity index is 309. The maximum atomic E-state index is 4.63. The predicted octanol–water partition coefficient (Wildman–Crippen LogP) is 4.21. The van der Waals surface area contributed by atoms with Crippen LogP contribution >= 0.6 is 15.9 Å². The van der Waals surface area contributed by atoms with Gasteiger partial charge in [0.2, 0.25) is 0 Å². The van der Waals surface area contributed by atoms with Crippen molar-refractivity contribution in [2.24, 2.45) is 5.92 Å². The van der Waals surface area contributed by atoms with Crippen LogP contribution in [0.5, 0.6) is 0 Å². The molecule has 0 amide bonds. The molecule has 0 aliphatic rings. The molecular weight excluding hydrogens is 264 g/mol. The van der Waals surface area contributed by atoms with Gasteiger partial charge in [-0.3, -0.25) is 4.68 Å². The molecule has 3 atom stereocenters. The highest BCUT2D eigenvalue weighted by Gasteiger charge is 2.14. The SMILES string of the molecule is CCC(Br)C(C)Cc1ccn(C(C)CC)n1. The molecule has 1 aromatic heterocycles. The van der Waals surface area contributed by atoms with E-state index in [1.807, 2.05) is 0 Å². The number of hydrogen-bond acceptors (Lipinski definition) is 1. The second-order valence-electron chi connectivity index (χ2n) is 4.65. The summed E-state index contributed by atoms with van der Waals surface area (Å²) < 4.78 is 2.08. The molecule has 0 aliphatic heterocycles. The van der Waals surface area contributed by atoms with E-state index in [0.29, 0.717) is 16.8 Å². The summed E-state index contributed by atoms with van der Waals surface area (Å²) in [5.41, 5.74) is 1.21. The third kappa shape index (κ3) is 3.62. The van der Waals surface area contributed by atoms with Gasteiger partial charge in [0.15, 0.2) is 0 Å². The van der Waals surface area contributed by atoms with Crippen molar-refractivity contribution in [3.8, 4) is 0 Å². The van der Waals surface area contributed by atoms with Gasteiger partial charge in [0.25, 0.3) is 0 Å². The number of halogens is 1. The summed E-state index contributed by atoms with van der Waals surface area (Å²) in [7, 11) is 0. The van der Waals surface area contributed by atoms with Crippen LogP contribution in [0.2, 0.25) is 0 Å². The molecule has 0 fully saturated rings. The summed E-state index contributed by atoms with van der Waals surface area (Å²) in [4.78, 5) is 0.598. The van der Waals surface area contributed by atoms with Gasteiger partial charge >= 0.3 is 0 Å². The molecule has 3 unspecified atom stereocenters. The molecule has 0 saturated heterocycles. The molecule has 1 rings (SSSR count). The first kappa shape index (κ1) is 13.8. The molecule has 0 bridgehead atoms. The molecule has 92 valence electrons. The standard InChI is InChI=1S/C13H23BrN2/c1-5-11(4)16-8-7-12(15-16)9-10(3)13(14)6-2/h7-8,10-11,13H,5-6,9H2,1-4H3. The number of aromatic nitrogens is 2. The second kappa shape index (κ2) is 6.43. The lowest BCUT2D eigenvalue weighted by Gasteiger charge is -2.15. The minimum absolute atomic E-state index is 0.509. The highest BCUT2D eigenvalue weighted by molar-refractivity contribution is 9.09. The maximum Gasteiger partial charge on any atom is 0.0627 e. The van der Waals surface area contributed by atoms with Gasteiger partial charge in [0.1, 0.15) is 0 Å². The first-order chi connectivity index (χ1) is 7.58. The monoisotopic (exact) mass is 286 g/mol.